The summed E-state index contributed by atoms with van der Waals surface area (Å²) in [5.74, 6) is 0.469. The maximum atomic E-state index is 12.8. The fraction of sp³-hybridized carbons (Fsp3) is 0.125. The van der Waals surface area contributed by atoms with Crippen LogP contribution in [0.2, 0.25) is 0 Å². The topological polar surface area (TPSA) is 96.5 Å². The molecule has 0 bridgehead atoms. The summed E-state index contributed by atoms with van der Waals surface area (Å²) in [7, 11) is 0. The number of nitriles is 1. The van der Waals surface area contributed by atoms with Crippen molar-refractivity contribution in [1.29, 1.82) is 5.26 Å². The average molecular weight is 441 g/mol. The van der Waals surface area contributed by atoms with Crippen molar-refractivity contribution in [3.63, 3.8) is 0 Å². The van der Waals surface area contributed by atoms with Gasteiger partial charge in [0.1, 0.15) is 0 Å². The monoisotopic (exact) mass is 440 g/mol. The number of nitrogens with zero attached hydrogens (tertiary/aromatic N) is 5. The van der Waals surface area contributed by atoms with Gasteiger partial charge in [0, 0.05) is 23.6 Å². The van der Waals surface area contributed by atoms with Crippen molar-refractivity contribution >= 4 is 23.4 Å². The lowest BCUT2D eigenvalue weighted by atomic mass is 10.2. The van der Waals surface area contributed by atoms with Crippen molar-refractivity contribution in [2.75, 3.05) is 5.32 Å². The largest absolute Gasteiger partial charge is 0.325 e. The summed E-state index contributed by atoms with van der Waals surface area (Å²) in [6.45, 7) is 3.84. The van der Waals surface area contributed by atoms with Gasteiger partial charge < -0.3 is 5.32 Å². The molecule has 8 heteroatoms. The lowest BCUT2D eigenvalue weighted by molar-refractivity contribution is -0.115. The minimum atomic E-state index is -0.450. The third-order valence-corrected chi connectivity index (χ3v) is 5.86. The van der Waals surface area contributed by atoms with E-state index in [1.807, 2.05) is 54.8 Å². The third-order valence-electron chi connectivity index (χ3n) is 4.82. The maximum absolute atomic E-state index is 12.8. The van der Waals surface area contributed by atoms with E-state index in [9.17, 15) is 4.79 Å². The normalized spacial score (nSPS) is 11.5. The molecule has 4 aromatic rings. The van der Waals surface area contributed by atoms with Crippen molar-refractivity contribution in [2.24, 2.45) is 0 Å². The second kappa shape index (κ2) is 9.45. The van der Waals surface area contributed by atoms with Crippen LogP contribution in [0, 0.1) is 18.3 Å². The molecule has 0 saturated heterocycles. The first-order chi connectivity index (χ1) is 15.6. The molecule has 0 aliphatic heterocycles. The molecule has 4 rings (SSSR count). The predicted molar refractivity (Wildman–Crippen MR) is 124 cm³/mol. The van der Waals surface area contributed by atoms with Gasteiger partial charge >= 0.3 is 0 Å². The Morgan fingerprint density at radius 1 is 1.12 bits per heavy atom. The van der Waals surface area contributed by atoms with Crippen molar-refractivity contribution < 1.29 is 4.79 Å². The SMILES string of the molecule is Cc1ccccc1-n1c(SC(C)C(=O)Nc2cccc(C#N)c2)nnc1-c1cccnc1. The van der Waals surface area contributed by atoms with E-state index in [0.29, 0.717) is 22.2 Å². The molecule has 2 aromatic carbocycles. The smallest absolute Gasteiger partial charge is 0.237 e. The first-order valence-corrected chi connectivity index (χ1v) is 10.8. The highest BCUT2D eigenvalue weighted by Gasteiger charge is 2.22. The van der Waals surface area contributed by atoms with Crippen LogP contribution in [0.25, 0.3) is 17.1 Å². The molecular weight excluding hydrogens is 420 g/mol. The Hall–Kier alpha value is -3.96. The van der Waals surface area contributed by atoms with E-state index in [2.05, 4.69) is 26.6 Å². The summed E-state index contributed by atoms with van der Waals surface area (Å²) < 4.78 is 1.96. The number of para-hydroxylation sites is 1. The number of carbonyl (C=O) groups is 1. The van der Waals surface area contributed by atoms with Crippen LogP contribution in [0.5, 0.6) is 0 Å². The number of nitrogens with one attached hydrogen (secondary N) is 1. The van der Waals surface area contributed by atoms with Crippen molar-refractivity contribution in [1.82, 2.24) is 19.7 Å². The van der Waals surface area contributed by atoms with E-state index in [-0.39, 0.29) is 5.91 Å². The van der Waals surface area contributed by atoms with Gasteiger partial charge in [-0.25, -0.2) is 0 Å². The highest BCUT2D eigenvalue weighted by atomic mass is 32.2. The van der Waals surface area contributed by atoms with Crippen LogP contribution >= 0.6 is 11.8 Å². The van der Waals surface area contributed by atoms with E-state index >= 15 is 0 Å². The lowest BCUT2D eigenvalue weighted by Crippen LogP contribution is -2.23. The first kappa shape index (κ1) is 21.3. The molecule has 0 fully saturated rings. The molecule has 1 N–H and O–H groups in total. The van der Waals surface area contributed by atoms with E-state index in [4.69, 9.17) is 5.26 Å². The summed E-state index contributed by atoms with van der Waals surface area (Å²) in [6.07, 6.45) is 3.45. The Morgan fingerprint density at radius 3 is 2.72 bits per heavy atom. The van der Waals surface area contributed by atoms with E-state index < -0.39 is 5.25 Å². The zero-order valence-corrected chi connectivity index (χ0v) is 18.4. The number of amides is 1. The van der Waals surface area contributed by atoms with E-state index in [0.717, 1.165) is 16.8 Å². The Bertz CT molecular complexity index is 1300. The Morgan fingerprint density at radius 2 is 1.97 bits per heavy atom. The van der Waals surface area contributed by atoms with Gasteiger partial charge in [-0.3, -0.25) is 14.3 Å². The van der Waals surface area contributed by atoms with Crippen LogP contribution in [0.4, 0.5) is 5.69 Å². The molecule has 0 saturated carbocycles. The summed E-state index contributed by atoms with van der Waals surface area (Å²) in [4.78, 5) is 17.0. The van der Waals surface area contributed by atoms with E-state index in [1.54, 1.807) is 36.7 Å². The number of carbonyl (C=O) groups excluding carboxylic acids is 1. The molecule has 2 aromatic heterocycles. The number of anilines is 1. The van der Waals surface area contributed by atoms with E-state index in [1.165, 1.54) is 11.8 Å². The minimum Gasteiger partial charge on any atom is -0.325 e. The molecule has 158 valence electrons. The zero-order valence-electron chi connectivity index (χ0n) is 17.6. The van der Waals surface area contributed by atoms with Gasteiger partial charge in [-0.15, -0.1) is 10.2 Å². The third kappa shape index (κ3) is 4.53. The van der Waals surface area contributed by atoms with Gasteiger partial charge in [-0.2, -0.15) is 5.26 Å². The van der Waals surface area contributed by atoms with Crippen LogP contribution in [0.15, 0.2) is 78.2 Å². The quantitative estimate of drug-likeness (QED) is 0.439. The molecule has 1 atom stereocenters. The molecule has 1 unspecified atom stereocenters. The number of rotatable bonds is 6. The second-order valence-corrected chi connectivity index (χ2v) is 8.42. The summed E-state index contributed by atoms with van der Waals surface area (Å²) >= 11 is 1.32. The number of benzene rings is 2. The fourth-order valence-electron chi connectivity index (χ4n) is 3.18. The number of hydrogen-bond acceptors (Lipinski definition) is 6. The second-order valence-electron chi connectivity index (χ2n) is 7.11. The Labute approximate surface area is 190 Å². The van der Waals surface area contributed by atoms with Gasteiger partial charge in [-0.1, -0.05) is 36.0 Å². The molecule has 1 amide bonds. The first-order valence-electron chi connectivity index (χ1n) is 9.96. The molecule has 0 aliphatic carbocycles. The molecule has 0 spiro atoms. The van der Waals surface area contributed by atoms with Gasteiger partial charge in [0.2, 0.25) is 5.91 Å². The highest BCUT2D eigenvalue weighted by Crippen LogP contribution is 2.31. The number of thioether (sulfide) groups is 1. The molecule has 7 nitrogen and oxygen atoms in total. The summed E-state index contributed by atoms with van der Waals surface area (Å²) in [5, 5.41) is 20.9. The number of aromatic nitrogens is 4. The van der Waals surface area contributed by atoms with Gasteiger partial charge in [0.15, 0.2) is 11.0 Å². The lowest BCUT2D eigenvalue weighted by Gasteiger charge is -2.15. The molecule has 0 radical (unpaired) electrons. The number of pyridine rings is 1. The number of hydrogen-bond donors (Lipinski definition) is 1. The van der Waals surface area contributed by atoms with Gasteiger partial charge in [-0.05, 0) is 55.8 Å². The minimum absolute atomic E-state index is 0.188. The standard InChI is InChI=1S/C24H20N6OS/c1-16-7-3-4-11-21(16)30-22(19-9-6-12-26-15-19)28-29-24(30)32-17(2)23(31)27-20-10-5-8-18(13-20)14-25/h3-13,15,17H,1-2H3,(H,27,31). The van der Waals surface area contributed by atoms with Crippen LogP contribution in [0.3, 0.4) is 0 Å². The van der Waals surface area contributed by atoms with Crippen molar-refractivity contribution in [3.05, 3.63) is 84.2 Å². The highest BCUT2D eigenvalue weighted by molar-refractivity contribution is 8.00. The van der Waals surface area contributed by atoms with Crippen LogP contribution in [-0.2, 0) is 4.79 Å². The Balaban J connectivity index is 1.65. The maximum Gasteiger partial charge on any atom is 0.237 e. The van der Waals surface area contributed by atoms with Crippen molar-refractivity contribution in [2.45, 2.75) is 24.3 Å². The zero-order chi connectivity index (χ0) is 22.5. The molecular formula is C24H20N6OS. The summed E-state index contributed by atoms with van der Waals surface area (Å²) in [5.41, 5.74) is 3.90. The fourth-order valence-corrected chi connectivity index (χ4v) is 4.04. The average Bonchev–Trinajstić information content (AvgIpc) is 3.23. The molecule has 2 heterocycles. The van der Waals surface area contributed by atoms with Crippen LogP contribution in [0.1, 0.15) is 18.1 Å². The van der Waals surface area contributed by atoms with Gasteiger partial charge in [0.25, 0.3) is 0 Å². The van der Waals surface area contributed by atoms with Crippen LogP contribution in [-0.4, -0.2) is 30.9 Å². The van der Waals surface area contributed by atoms with Gasteiger partial charge in [0.05, 0.1) is 22.6 Å². The number of aryl methyl sites for hydroxylation is 1. The van der Waals surface area contributed by atoms with Crippen molar-refractivity contribution in [3.8, 4) is 23.1 Å². The summed E-state index contributed by atoms with van der Waals surface area (Å²) in [6, 6.07) is 20.6. The predicted octanol–water partition coefficient (Wildman–Crippen LogP) is 4.63. The Kier molecular flexibility index (Phi) is 6.29. The molecule has 0 aliphatic rings. The molecule has 32 heavy (non-hydrogen) atoms. The van der Waals surface area contributed by atoms with Crippen LogP contribution < -0.4 is 5.32 Å².